The molecule has 0 bridgehead atoms. The molecule has 0 aliphatic rings. The molecule has 3 aromatic carbocycles. The van der Waals surface area contributed by atoms with Gasteiger partial charge >= 0.3 is 152 Å². The minimum absolute atomic E-state index is 0.127. The molecule has 0 atom stereocenters. The van der Waals surface area contributed by atoms with Gasteiger partial charge in [-0.1, -0.05) is 0 Å². The second-order valence-corrected chi connectivity index (χ2v) is 10.4. The Bertz CT molecular complexity index is 1710. The summed E-state index contributed by atoms with van der Waals surface area (Å²) in [5.74, 6) is -0.359. The van der Waals surface area contributed by atoms with E-state index in [-0.39, 0.29) is 60.6 Å². The van der Waals surface area contributed by atoms with Crippen LogP contribution < -0.4 is 21.3 Å². The molecular formula is C24H24AtN9O7S. The van der Waals surface area contributed by atoms with Crippen LogP contribution in [0.2, 0.25) is 0 Å². The number of hydrogen-bond acceptors (Lipinski definition) is 14. The third kappa shape index (κ3) is 7.60. The number of aromatic nitrogens is 3. The molecule has 1 heterocycles. The van der Waals surface area contributed by atoms with E-state index >= 15 is 0 Å². The van der Waals surface area contributed by atoms with Crippen LogP contribution in [0, 0.1) is 25.0 Å². The van der Waals surface area contributed by atoms with Crippen LogP contribution >= 0.6 is 0 Å². The van der Waals surface area contributed by atoms with Gasteiger partial charge in [0.2, 0.25) is 17.8 Å². The van der Waals surface area contributed by atoms with E-state index in [1.54, 1.807) is 24.3 Å². The number of hydrogen-bond donors (Lipinski definition) is 8. The van der Waals surface area contributed by atoms with E-state index in [9.17, 15) is 22.9 Å². The van der Waals surface area contributed by atoms with E-state index < -0.39 is 26.7 Å². The molecule has 1 amide bonds. The molecule has 0 fully saturated rings. The number of phenolic OH excluding ortho intramolecular Hbond substituents is 1. The van der Waals surface area contributed by atoms with Gasteiger partial charge in [-0.2, -0.15) is 15.0 Å². The fourth-order valence-corrected chi connectivity index (χ4v) is 4.67. The number of carbonyl (C=O) groups excluding carboxylic acids is 1. The number of nitrogens with zero attached hydrogens (tertiary/aromatic N) is 5. The average Bonchev–Trinajstić information content (AvgIpc) is 2.96. The first-order chi connectivity index (χ1) is 20.1. The summed E-state index contributed by atoms with van der Waals surface area (Å²) in [6, 6.07) is 11.9. The monoisotopic (exact) mass is 792 g/mol. The van der Waals surface area contributed by atoms with Crippen LogP contribution in [-0.2, 0) is 10.1 Å². The Morgan fingerprint density at radius 1 is 0.881 bits per heavy atom. The first kappa shape index (κ1) is 30.9. The van der Waals surface area contributed by atoms with Gasteiger partial charge in [0, 0.05) is 18.8 Å². The quantitative estimate of drug-likeness (QED) is 0.0760. The molecule has 16 nitrogen and oxygen atoms in total. The molecule has 0 spiro atoms. The number of amides is 1. The fraction of sp³-hybridized carbons (Fsp3) is 0.167. The van der Waals surface area contributed by atoms with E-state index in [4.69, 9.17) is 10.2 Å². The molecule has 4 aromatic rings. The number of anilines is 5. The molecule has 0 saturated heterocycles. The second kappa shape index (κ2) is 13.7. The molecule has 4 rings (SSSR count). The van der Waals surface area contributed by atoms with Gasteiger partial charge in [-0.3, -0.25) is 0 Å². The number of aliphatic hydroxyl groups excluding tert-OH is 2. The van der Waals surface area contributed by atoms with Crippen LogP contribution in [0.25, 0.3) is 10.8 Å². The minimum atomic E-state index is -4.73. The predicted molar refractivity (Wildman–Crippen MR) is 149 cm³/mol. The SMILES string of the molecule is O=C(Nc1ccc2c(O)c(N=N[At])c(S(=O)(=O)O)cc2c1)c1ccc(Nc2nc(NCCO)nc(NCCO)n2)cc1. The third-order valence-electron chi connectivity index (χ3n) is 5.55. The molecule has 42 heavy (non-hydrogen) atoms. The Balaban J connectivity index is 1.52. The Kier molecular flexibility index (Phi) is 10.1. The standard InChI is InChI=1S/C24H24AtN9O7S/c25-34-33-19-18(42(39,40)41)12-14-11-16(5-6-17(14)20(19)37)28-21(38)13-1-3-15(4-2-13)29-24-31-22(26-7-9-35)30-23(32-24)27-8-10-36/h1-6,11-12,35-37H,7-10H2,(H,28,38)(H,39,40,41)(H3,26,27,29,30,31,32). The minimum Gasteiger partial charge on any atom is -0.395 e. The van der Waals surface area contributed by atoms with Gasteiger partial charge in [-0.15, -0.1) is 0 Å². The van der Waals surface area contributed by atoms with Crippen molar-refractivity contribution < 1.29 is 58.1 Å². The molecule has 0 aliphatic carbocycles. The van der Waals surface area contributed by atoms with Crippen molar-refractivity contribution in [1.29, 1.82) is 0 Å². The van der Waals surface area contributed by atoms with E-state index in [1.807, 2.05) is 0 Å². The van der Waals surface area contributed by atoms with Crippen LogP contribution in [0.4, 0.5) is 34.9 Å². The summed E-state index contributed by atoms with van der Waals surface area (Å²) >= 11 is 0.873. The van der Waals surface area contributed by atoms with E-state index in [1.165, 1.54) is 18.2 Å². The first-order valence-electron chi connectivity index (χ1n) is 12.1. The summed E-state index contributed by atoms with van der Waals surface area (Å²) in [6.45, 7) is 0.188. The molecule has 0 saturated carbocycles. The van der Waals surface area contributed by atoms with Crippen LogP contribution in [0.5, 0.6) is 5.75 Å². The zero-order chi connectivity index (χ0) is 30.3. The van der Waals surface area contributed by atoms with Crippen molar-refractivity contribution in [3.63, 3.8) is 0 Å². The van der Waals surface area contributed by atoms with Crippen LogP contribution in [0.15, 0.2) is 61.6 Å². The normalized spacial score (nSPS) is 11.5. The van der Waals surface area contributed by atoms with Gasteiger partial charge < -0.3 is 26.2 Å². The Hall–Kier alpha value is -4.09. The van der Waals surface area contributed by atoms with Crippen molar-refractivity contribution in [3.8, 4) is 5.75 Å². The number of rotatable bonds is 12. The Morgan fingerprint density at radius 3 is 2.05 bits per heavy atom. The number of benzene rings is 3. The summed E-state index contributed by atoms with van der Waals surface area (Å²) in [5, 5.41) is 44.2. The third-order valence-corrected chi connectivity index (χ3v) is 6.71. The van der Waals surface area contributed by atoms with Gasteiger partial charge in [0.05, 0.1) is 13.2 Å². The number of aliphatic hydroxyl groups is 2. The maximum absolute atomic E-state index is 12.9. The topological polar surface area (TPSA) is 244 Å². The van der Waals surface area contributed by atoms with Crippen molar-refractivity contribution in [2.24, 2.45) is 8.17 Å². The molecule has 220 valence electrons. The average molecular weight is 793 g/mol. The zero-order valence-electron chi connectivity index (χ0n) is 21.5. The number of phenols is 1. The molecule has 18 heteroatoms. The van der Waals surface area contributed by atoms with Crippen LogP contribution in [-0.4, -0.2) is 75.5 Å². The van der Waals surface area contributed by atoms with Crippen molar-refractivity contribution in [3.05, 3.63) is 54.1 Å². The Morgan fingerprint density at radius 2 is 1.48 bits per heavy atom. The molecule has 0 unspecified atom stereocenters. The summed E-state index contributed by atoms with van der Waals surface area (Å²) in [7, 11) is -4.73. The van der Waals surface area contributed by atoms with Gasteiger partial charge in [0.1, 0.15) is 0 Å². The molecule has 0 radical (unpaired) electrons. The zero-order valence-corrected chi connectivity index (χ0v) is 25.2. The van der Waals surface area contributed by atoms with Gasteiger partial charge in [0.15, 0.2) is 0 Å². The second-order valence-electron chi connectivity index (χ2n) is 8.42. The molecule has 1 aromatic heterocycles. The van der Waals surface area contributed by atoms with Gasteiger partial charge in [-0.25, -0.2) is 0 Å². The predicted octanol–water partition coefficient (Wildman–Crippen LogP) is 2.33. The van der Waals surface area contributed by atoms with Crippen molar-refractivity contribution in [2.75, 3.05) is 47.6 Å². The van der Waals surface area contributed by atoms with E-state index in [0.29, 0.717) is 16.9 Å². The fourth-order valence-electron chi connectivity index (χ4n) is 3.72. The number of nitrogens with one attached hydrogen (secondary N) is 4. The van der Waals surface area contributed by atoms with Crippen LogP contribution in [0.3, 0.4) is 0 Å². The van der Waals surface area contributed by atoms with Crippen molar-refractivity contribution in [2.45, 2.75) is 4.90 Å². The summed E-state index contributed by atoms with van der Waals surface area (Å²) in [6.07, 6.45) is 0. The molecule has 0 aliphatic heterocycles. The number of fused-ring (bicyclic) bond motifs is 1. The van der Waals surface area contributed by atoms with Crippen molar-refractivity contribution in [1.82, 2.24) is 15.0 Å². The van der Waals surface area contributed by atoms with E-state index in [0.717, 1.165) is 31.1 Å². The number of aromatic hydroxyl groups is 1. The number of carbonyl (C=O) groups is 1. The van der Waals surface area contributed by atoms with Crippen LogP contribution in [0.1, 0.15) is 10.4 Å². The molecule has 8 N–H and O–H groups in total. The summed E-state index contributed by atoms with van der Waals surface area (Å²) in [5.41, 5.74) is 0.775. The first-order valence-corrected chi connectivity index (χ1v) is 14.8. The summed E-state index contributed by atoms with van der Waals surface area (Å²) < 4.78 is 36.9. The molecular weight excluding hydrogens is 768 g/mol. The summed E-state index contributed by atoms with van der Waals surface area (Å²) in [4.78, 5) is 24.9. The smallest absolute Gasteiger partial charge is 0.395 e. The maximum atomic E-state index is 12.9. The van der Waals surface area contributed by atoms with Gasteiger partial charge in [0.25, 0.3) is 0 Å². The van der Waals surface area contributed by atoms with Gasteiger partial charge in [-0.05, 0) is 12.1 Å². The van der Waals surface area contributed by atoms with Crippen molar-refractivity contribution >= 4 is 61.7 Å². The Labute approximate surface area is 254 Å². The van der Waals surface area contributed by atoms with E-state index in [2.05, 4.69) is 44.4 Å².